The van der Waals surface area contributed by atoms with Crippen LogP contribution < -0.4 is 0 Å². The van der Waals surface area contributed by atoms with E-state index >= 15 is 0 Å². The molecule has 1 aromatic rings. The smallest absolute Gasteiger partial charge is 0.0635 e. The van der Waals surface area contributed by atoms with Gasteiger partial charge < -0.3 is 4.90 Å². The lowest BCUT2D eigenvalue weighted by Crippen LogP contribution is -2.19. The Morgan fingerprint density at radius 3 is 2.38 bits per heavy atom. The van der Waals surface area contributed by atoms with Crippen molar-refractivity contribution in [2.75, 3.05) is 13.6 Å². The Kier molecular flexibility index (Phi) is 4.52. The number of nitrogens with zero attached hydrogens (tertiary/aromatic N) is 2. The molecule has 0 atom stereocenters. The van der Waals surface area contributed by atoms with Crippen LogP contribution in [0.15, 0.2) is 12.1 Å². The summed E-state index contributed by atoms with van der Waals surface area (Å²) < 4.78 is 0. The maximum absolute atomic E-state index is 8.54. The molecule has 0 N–H and O–H groups in total. The van der Waals surface area contributed by atoms with Crippen LogP contribution in [-0.2, 0) is 6.54 Å². The maximum atomic E-state index is 8.54. The molecule has 0 heterocycles. The molecule has 0 saturated heterocycles. The van der Waals surface area contributed by atoms with E-state index in [-0.39, 0.29) is 0 Å². The van der Waals surface area contributed by atoms with Crippen LogP contribution in [0.25, 0.3) is 0 Å². The van der Waals surface area contributed by atoms with Crippen LogP contribution in [0, 0.1) is 32.1 Å². The van der Waals surface area contributed by atoms with E-state index in [1.165, 1.54) is 22.3 Å². The third-order valence-corrected chi connectivity index (χ3v) is 3.00. The molecule has 0 aromatic heterocycles. The van der Waals surface area contributed by atoms with Crippen LogP contribution in [0.1, 0.15) is 28.7 Å². The van der Waals surface area contributed by atoms with E-state index in [9.17, 15) is 0 Å². The number of nitriles is 1. The van der Waals surface area contributed by atoms with Gasteiger partial charge in [0.05, 0.1) is 6.07 Å². The van der Waals surface area contributed by atoms with E-state index in [2.05, 4.69) is 50.9 Å². The largest absolute Gasteiger partial charge is 0.301 e. The number of aryl methyl sites for hydroxylation is 3. The van der Waals surface area contributed by atoms with Gasteiger partial charge in [-0.25, -0.2) is 0 Å². The summed E-state index contributed by atoms with van der Waals surface area (Å²) in [5.41, 5.74) is 5.39. The van der Waals surface area contributed by atoms with E-state index in [0.717, 1.165) is 13.1 Å². The molecule has 0 saturated carbocycles. The molecular formula is C14H20N2. The zero-order valence-corrected chi connectivity index (χ0v) is 10.7. The van der Waals surface area contributed by atoms with Crippen molar-refractivity contribution in [1.82, 2.24) is 4.90 Å². The molecule has 1 rings (SSSR count). The zero-order valence-electron chi connectivity index (χ0n) is 10.7. The average molecular weight is 216 g/mol. The van der Waals surface area contributed by atoms with Crippen LogP contribution in [0.4, 0.5) is 0 Å². The minimum Gasteiger partial charge on any atom is -0.301 e. The van der Waals surface area contributed by atoms with Crippen LogP contribution in [0.5, 0.6) is 0 Å². The first kappa shape index (κ1) is 12.7. The standard InChI is InChI=1S/C14H20N2/c1-11-8-13(3)14(9-12(11)2)10-16(4)7-5-6-15/h8-9H,5,7,10H2,1-4H3. The molecule has 0 fully saturated rings. The third-order valence-electron chi connectivity index (χ3n) is 3.00. The Labute approximate surface area is 98.5 Å². The van der Waals surface area contributed by atoms with Crippen molar-refractivity contribution in [1.29, 1.82) is 5.26 Å². The average Bonchev–Trinajstić information content (AvgIpc) is 2.23. The topological polar surface area (TPSA) is 27.0 Å². The predicted octanol–water partition coefficient (Wildman–Crippen LogP) is 2.96. The molecule has 0 aliphatic rings. The zero-order chi connectivity index (χ0) is 12.1. The SMILES string of the molecule is Cc1cc(C)c(CN(C)CCC#N)cc1C. The molecular weight excluding hydrogens is 196 g/mol. The molecule has 0 spiro atoms. The minimum atomic E-state index is 0.598. The van der Waals surface area contributed by atoms with Crippen LogP contribution in [0.3, 0.4) is 0 Å². The van der Waals surface area contributed by atoms with Gasteiger partial charge >= 0.3 is 0 Å². The van der Waals surface area contributed by atoms with Gasteiger partial charge in [-0.2, -0.15) is 5.26 Å². The first-order valence-corrected chi connectivity index (χ1v) is 5.67. The quantitative estimate of drug-likeness (QED) is 0.773. The van der Waals surface area contributed by atoms with Crippen molar-refractivity contribution >= 4 is 0 Å². The molecule has 0 bridgehead atoms. The second-order valence-electron chi connectivity index (χ2n) is 4.51. The summed E-state index contributed by atoms with van der Waals surface area (Å²) in [6.45, 7) is 8.20. The molecule has 1 aromatic carbocycles. The van der Waals surface area contributed by atoms with E-state index < -0.39 is 0 Å². The highest BCUT2D eigenvalue weighted by molar-refractivity contribution is 5.36. The third kappa shape index (κ3) is 3.36. The Morgan fingerprint density at radius 1 is 1.12 bits per heavy atom. The summed E-state index contributed by atoms with van der Waals surface area (Å²) in [6.07, 6.45) is 0.598. The highest BCUT2D eigenvalue weighted by Gasteiger charge is 2.05. The van der Waals surface area contributed by atoms with Gasteiger partial charge in [-0.15, -0.1) is 0 Å². The van der Waals surface area contributed by atoms with Gasteiger partial charge in [0.1, 0.15) is 0 Å². The highest BCUT2D eigenvalue weighted by Crippen LogP contribution is 2.16. The molecule has 0 aliphatic heterocycles. The molecule has 2 nitrogen and oxygen atoms in total. The second kappa shape index (κ2) is 5.67. The first-order valence-electron chi connectivity index (χ1n) is 5.67. The lowest BCUT2D eigenvalue weighted by atomic mass is 10.0. The van der Waals surface area contributed by atoms with E-state index in [0.29, 0.717) is 6.42 Å². The molecule has 0 amide bonds. The Bertz CT molecular complexity index is 402. The fourth-order valence-electron chi connectivity index (χ4n) is 1.80. The fourth-order valence-corrected chi connectivity index (χ4v) is 1.80. The van der Waals surface area contributed by atoms with Crippen molar-refractivity contribution in [3.8, 4) is 6.07 Å². The number of rotatable bonds is 4. The maximum Gasteiger partial charge on any atom is 0.0635 e. The Hall–Kier alpha value is -1.33. The first-order chi connectivity index (χ1) is 7.54. The van der Waals surface area contributed by atoms with Crippen LogP contribution >= 0.6 is 0 Å². The van der Waals surface area contributed by atoms with Crippen LogP contribution in [0.2, 0.25) is 0 Å². The van der Waals surface area contributed by atoms with Crippen LogP contribution in [-0.4, -0.2) is 18.5 Å². The lowest BCUT2D eigenvalue weighted by Gasteiger charge is -2.17. The Balaban J connectivity index is 2.74. The van der Waals surface area contributed by atoms with E-state index in [4.69, 9.17) is 5.26 Å². The van der Waals surface area contributed by atoms with Crippen molar-refractivity contribution in [2.45, 2.75) is 33.7 Å². The van der Waals surface area contributed by atoms with E-state index in [1.54, 1.807) is 0 Å². The lowest BCUT2D eigenvalue weighted by molar-refractivity contribution is 0.334. The fraction of sp³-hybridized carbons (Fsp3) is 0.500. The summed E-state index contributed by atoms with van der Waals surface area (Å²) >= 11 is 0. The molecule has 0 radical (unpaired) electrons. The normalized spacial score (nSPS) is 10.5. The van der Waals surface area contributed by atoms with Gasteiger partial charge in [0.15, 0.2) is 0 Å². The second-order valence-corrected chi connectivity index (χ2v) is 4.51. The molecule has 0 unspecified atom stereocenters. The van der Waals surface area contributed by atoms with Crippen molar-refractivity contribution in [3.63, 3.8) is 0 Å². The van der Waals surface area contributed by atoms with Gasteiger partial charge in [0.25, 0.3) is 0 Å². The van der Waals surface area contributed by atoms with Crippen molar-refractivity contribution in [2.24, 2.45) is 0 Å². The highest BCUT2D eigenvalue weighted by atomic mass is 15.1. The van der Waals surface area contributed by atoms with E-state index in [1.807, 2.05) is 0 Å². The summed E-state index contributed by atoms with van der Waals surface area (Å²) in [4.78, 5) is 2.19. The van der Waals surface area contributed by atoms with Gasteiger partial charge in [0, 0.05) is 19.5 Å². The number of hydrogen-bond acceptors (Lipinski definition) is 2. The monoisotopic (exact) mass is 216 g/mol. The van der Waals surface area contributed by atoms with Gasteiger partial charge in [-0.3, -0.25) is 0 Å². The Morgan fingerprint density at radius 2 is 1.75 bits per heavy atom. The number of benzene rings is 1. The molecule has 0 aliphatic carbocycles. The number of hydrogen-bond donors (Lipinski definition) is 0. The summed E-state index contributed by atoms with van der Waals surface area (Å²) in [5.74, 6) is 0. The van der Waals surface area contributed by atoms with Gasteiger partial charge in [0.2, 0.25) is 0 Å². The summed E-state index contributed by atoms with van der Waals surface area (Å²) in [6, 6.07) is 6.67. The van der Waals surface area contributed by atoms with Crippen molar-refractivity contribution < 1.29 is 0 Å². The van der Waals surface area contributed by atoms with Crippen molar-refractivity contribution in [3.05, 3.63) is 34.4 Å². The molecule has 86 valence electrons. The summed E-state index contributed by atoms with van der Waals surface area (Å²) in [7, 11) is 2.06. The molecule has 2 heteroatoms. The van der Waals surface area contributed by atoms with Gasteiger partial charge in [-0.05, 0) is 50.1 Å². The predicted molar refractivity (Wildman–Crippen MR) is 67.2 cm³/mol. The summed E-state index contributed by atoms with van der Waals surface area (Å²) in [5, 5.41) is 8.54. The minimum absolute atomic E-state index is 0.598. The van der Waals surface area contributed by atoms with Gasteiger partial charge in [-0.1, -0.05) is 12.1 Å². The molecule has 16 heavy (non-hydrogen) atoms.